The number of hydrogen-bond acceptors (Lipinski definition) is 4. The highest BCUT2D eigenvalue weighted by atomic mass is 32.2. The topological polar surface area (TPSA) is 80.5 Å². The van der Waals surface area contributed by atoms with Gasteiger partial charge in [0, 0.05) is 25.6 Å². The van der Waals surface area contributed by atoms with E-state index in [1.165, 1.54) is 0 Å². The molecule has 0 aromatic heterocycles. The highest BCUT2D eigenvalue weighted by Gasteiger charge is 2.23. The molecule has 1 amide bonds. The van der Waals surface area contributed by atoms with E-state index in [4.69, 9.17) is 5.73 Å². The van der Waals surface area contributed by atoms with Crippen molar-refractivity contribution in [2.75, 3.05) is 24.6 Å². The van der Waals surface area contributed by atoms with Crippen LogP contribution in [0, 0.1) is 5.92 Å². The van der Waals surface area contributed by atoms with Crippen molar-refractivity contribution in [3.63, 3.8) is 0 Å². The van der Waals surface area contributed by atoms with Crippen LogP contribution in [-0.2, 0) is 14.6 Å². The Balaban J connectivity index is 2.41. The molecule has 1 rings (SSSR count). The minimum Gasteiger partial charge on any atom is -0.341 e. The molecule has 0 radical (unpaired) electrons. The first kappa shape index (κ1) is 15.4. The number of nitrogens with zero attached hydrogens (tertiary/aromatic N) is 1. The molecule has 0 aromatic rings. The smallest absolute Gasteiger partial charge is 0.223 e. The normalized spacial score (nSPS) is 21.3. The number of amides is 1. The molecule has 0 aromatic carbocycles. The van der Waals surface area contributed by atoms with Crippen molar-refractivity contribution in [1.82, 2.24) is 4.90 Å². The Morgan fingerprint density at radius 3 is 2.67 bits per heavy atom. The molecule has 0 saturated carbocycles. The van der Waals surface area contributed by atoms with Crippen molar-refractivity contribution in [2.24, 2.45) is 11.7 Å². The highest BCUT2D eigenvalue weighted by molar-refractivity contribution is 7.91. The van der Waals surface area contributed by atoms with Gasteiger partial charge in [-0.05, 0) is 18.8 Å². The van der Waals surface area contributed by atoms with E-state index in [9.17, 15) is 13.2 Å². The molecule has 0 aliphatic carbocycles. The summed E-state index contributed by atoms with van der Waals surface area (Å²) in [5.74, 6) is 0.126. The van der Waals surface area contributed by atoms with Crippen LogP contribution in [-0.4, -0.2) is 49.9 Å². The van der Waals surface area contributed by atoms with Gasteiger partial charge in [-0.15, -0.1) is 0 Å². The molecule has 1 aliphatic heterocycles. The third kappa shape index (κ3) is 5.35. The Morgan fingerprint density at radius 2 is 2.11 bits per heavy atom. The number of rotatable bonds is 5. The summed E-state index contributed by atoms with van der Waals surface area (Å²) in [5, 5.41) is 0. The monoisotopic (exact) mass is 276 g/mol. The molecular formula is C12H24N2O3S. The number of nitrogens with two attached hydrogens (primary N) is 1. The molecule has 1 heterocycles. The summed E-state index contributed by atoms with van der Waals surface area (Å²) in [4.78, 5) is 13.6. The second-order valence-electron chi connectivity index (χ2n) is 5.50. The summed E-state index contributed by atoms with van der Waals surface area (Å²) in [7, 11) is -3.11. The van der Waals surface area contributed by atoms with Crippen LogP contribution < -0.4 is 5.73 Å². The van der Waals surface area contributed by atoms with Crippen LogP contribution >= 0.6 is 0 Å². The summed E-state index contributed by atoms with van der Waals surface area (Å²) < 4.78 is 23.4. The Hall–Kier alpha value is -0.620. The van der Waals surface area contributed by atoms with Crippen molar-refractivity contribution in [3.05, 3.63) is 0 Å². The van der Waals surface area contributed by atoms with Crippen LogP contribution in [0.25, 0.3) is 0 Å². The van der Waals surface area contributed by atoms with Crippen LogP contribution in [0.5, 0.6) is 0 Å². The van der Waals surface area contributed by atoms with Gasteiger partial charge in [-0.25, -0.2) is 8.42 Å². The lowest BCUT2D eigenvalue weighted by molar-refractivity contribution is -0.131. The molecule has 1 saturated heterocycles. The van der Waals surface area contributed by atoms with E-state index in [0.717, 1.165) is 12.8 Å². The molecule has 0 spiro atoms. The Labute approximate surface area is 110 Å². The fraction of sp³-hybridized carbons (Fsp3) is 0.917. The maximum atomic E-state index is 11.9. The van der Waals surface area contributed by atoms with Gasteiger partial charge in [0.1, 0.15) is 0 Å². The zero-order chi connectivity index (χ0) is 13.8. The lowest BCUT2D eigenvalue weighted by atomic mass is 10.1. The minimum absolute atomic E-state index is 0.0370. The van der Waals surface area contributed by atoms with E-state index in [1.54, 1.807) is 4.90 Å². The molecule has 106 valence electrons. The Kier molecular flexibility index (Phi) is 5.59. The second kappa shape index (κ2) is 6.52. The van der Waals surface area contributed by atoms with Crippen LogP contribution in [0.3, 0.4) is 0 Å². The van der Waals surface area contributed by atoms with Gasteiger partial charge in [0.2, 0.25) is 5.91 Å². The number of sulfone groups is 1. The molecule has 1 aliphatic rings. The third-order valence-corrected chi connectivity index (χ3v) is 5.03. The van der Waals surface area contributed by atoms with Crippen LogP contribution in [0.15, 0.2) is 0 Å². The molecule has 6 heteroatoms. The summed E-state index contributed by atoms with van der Waals surface area (Å²) in [5.41, 5.74) is 5.80. The van der Waals surface area contributed by atoms with E-state index in [0.29, 0.717) is 13.1 Å². The SMILES string of the molecule is CC(C)CS(=O)(=O)CCC(=O)N1CCCC(N)C1. The van der Waals surface area contributed by atoms with Gasteiger partial charge in [0.25, 0.3) is 0 Å². The number of piperidine rings is 1. The van der Waals surface area contributed by atoms with Crippen molar-refractivity contribution in [3.8, 4) is 0 Å². The number of likely N-dealkylation sites (tertiary alicyclic amines) is 1. The van der Waals surface area contributed by atoms with E-state index >= 15 is 0 Å². The molecule has 1 fully saturated rings. The molecule has 2 N–H and O–H groups in total. The molecule has 1 unspecified atom stereocenters. The fourth-order valence-corrected chi connectivity index (χ4v) is 3.90. The molecule has 0 bridgehead atoms. The number of carbonyl (C=O) groups is 1. The van der Waals surface area contributed by atoms with Crippen LogP contribution in [0.4, 0.5) is 0 Å². The van der Waals surface area contributed by atoms with E-state index < -0.39 is 9.84 Å². The summed E-state index contributed by atoms with van der Waals surface area (Å²) in [6, 6.07) is 0.0370. The minimum atomic E-state index is -3.11. The lowest BCUT2D eigenvalue weighted by Gasteiger charge is -2.30. The largest absolute Gasteiger partial charge is 0.341 e. The van der Waals surface area contributed by atoms with Gasteiger partial charge in [0.15, 0.2) is 9.84 Å². The second-order valence-corrected chi connectivity index (χ2v) is 7.73. The summed E-state index contributed by atoms with van der Waals surface area (Å²) in [6.45, 7) is 4.99. The van der Waals surface area contributed by atoms with E-state index in [1.807, 2.05) is 13.8 Å². The van der Waals surface area contributed by atoms with Gasteiger partial charge in [-0.3, -0.25) is 4.79 Å². The number of hydrogen-bond donors (Lipinski definition) is 1. The fourth-order valence-electron chi connectivity index (χ4n) is 2.23. The van der Waals surface area contributed by atoms with E-state index in [-0.39, 0.29) is 35.8 Å². The highest BCUT2D eigenvalue weighted by Crippen LogP contribution is 2.10. The van der Waals surface area contributed by atoms with Crippen LogP contribution in [0.1, 0.15) is 33.1 Å². The summed E-state index contributed by atoms with van der Waals surface area (Å²) in [6.07, 6.45) is 1.93. The van der Waals surface area contributed by atoms with Crippen molar-refractivity contribution >= 4 is 15.7 Å². The van der Waals surface area contributed by atoms with Gasteiger partial charge in [-0.2, -0.15) is 0 Å². The van der Waals surface area contributed by atoms with Crippen LogP contribution in [0.2, 0.25) is 0 Å². The number of carbonyl (C=O) groups excluding carboxylic acids is 1. The van der Waals surface area contributed by atoms with E-state index in [2.05, 4.69) is 0 Å². The van der Waals surface area contributed by atoms with Gasteiger partial charge < -0.3 is 10.6 Å². The molecule has 18 heavy (non-hydrogen) atoms. The van der Waals surface area contributed by atoms with Gasteiger partial charge in [-0.1, -0.05) is 13.8 Å². The molecule has 5 nitrogen and oxygen atoms in total. The zero-order valence-electron chi connectivity index (χ0n) is 11.3. The maximum absolute atomic E-state index is 11.9. The predicted molar refractivity (Wildman–Crippen MR) is 71.9 cm³/mol. The van der Waals surface area contributed by atoms with Crippen molar-refractivity contribution < 1.29 is 13.2 Å². The van der Waals surface area contributed by atoms with Gasteiger partial charge in [0.05, 0.1) is 11.5 Å². The third-order valence-electron chi connectivity index (χ3n) is 3.02. The van der Waals surface area contributed by atoms with Crippen molar-refractivity contribution in [2.45, 2.75) is 39.2 Å². The summed E-state index contributed by atoms with van der Waals surface area (Å²) >= 11 is 0. The standard InChI is InChI=1S/C12H24N2O3S/c1-10(2)9-18(16,17)7-5-12(15)14-6-3-4-11(13)8-14/h10-11H,3-9,13H2,1-2H3. The maximum Gasteiger partial charge on any atom is 0.223 e. The quantitative estimate of drug-likeness (QED) is 0.788. The molecular weight excluding hydrogens is 252 g/mol. The first-order valence-corrected chi connectivity index (χ1v) is 8.36. The Morgan fingerprint density at radius 1 is 1.44 bits per heavy atom. The average molecular weight is 276 g/mol. The molecule has 1 atom stereocenters. The van der Waals surface area contributed by atoms with Gasteiger partial charge >= 0.3 is 0 Å². The predicted octanol–water partition coefficient (Wildman–Crippen LogP) is 0.397. The average Bonchev–Trinajstić information content (AvgIpc) is 2.24. The zero-order valence-corrected chi connectivity index (χ0v) is 12.1. The first-order valence-electron chi connectivity index (χ1n) is 6.54. The van der Waals surface area contributed by atoms with Crippen molar-refractivity contribution in [1.29, 1.82) is 0 Å². The lowest BCUT2D eigenvalue weighted by Crippen LogP contribution is -2.46. The Bertz CT molecular complexity index is 379. The first-order chi connectivity index (χ1) is 8.30.